The molecule has 0 saturated carbocycles. The van der Waals surface area contributed by atoms with E-state index in [1.807, 2.05) is 0 Å². The molecule has 0 aliphatic heterocycles. The van der Waals surface area contributed by atoms with Gasteiger partial charge in [0.15, 0.2) is 0 Å². The van der Waals surface area contributed by atoms with Crippen molar-refractivity contribution >= 4 is 5.78 Å². The molecular formula is C9H6FNO. The predicted molar refractivity (Wildman–Crippen MR) is 41.1 cm³/mol. The summed E-state index contributed by atoms with van der Waals surface area (Å²) in [5.74, 6) is -1.48. The van der Waals surface area contributed by atoms with Gasteiger partial charge >= 0.3 is 0 Å². The van der Waals surface area contributed by atoms with Gasteiger partial charge in [0.2, 0.25) is 0 Å². The van der Waals surface area contributed by atoms with Crippen LogP contribution in [0.4, 0.5) is 4.39 Å². The summed E-state index contributed by atoms with van der Waals surface area (Å²) in [4.78, 5) is 10.8. The molecule has 0 aliphatic carbocycles. The molecule has 60 valence electrons. The van der Waals surface area contributed by atoms with E-state index in [2.05, 4.69) is 0 Å². The topological polar surface area (TPSA) is 40.9 Å². The van der Waals surface area contributed by atoms with Crippen LogP contribution >= 0.6 is 0 Å². The first kappa shape index (κ1) is 8.41. The van der Waals surface area contributed by atoms with E-state index in [1.54, 1.807) is 13.0 Å². The number of carbonyl (C=O) groups excluding carboxylic acids is 1. The van der Waals surface area contributed by atoms with Gasteiger partial charge < -0.3 is 0 Å². The first-order chi connectivity index (χ1) is 5.65. The SMILES string of the molecule is Cc1ccc(F)c(C(=O)C#N)c1. The molecule has 1 aromatic rings. The number of aryl methyl sites for hydroxylation is 1. The van der Waals surface area contributed by atoms with E-state index in [4.69, 9.17) is 5.26 Å². The fourth-order valence-corrected chi connectivity index (χ4v) is 0.873. The third-order valence-corrected chi connectivity index (χ3v) is 1.47. The second kappa shape index (κ2) is 3.14. The third kappa shape index (κ3) is 1.48. The van der Waals surface area contributed by atoms with Crippen molar-refractivity contribution < 1.29 is 9.18 Å². The number of Topliss-reactive ketones (excluding diaryl/α,β-unsaturated/α-hetero) is 1. The van der Waals surface area contributed by atoms with Gasteiger partial charge in [-0.15, -0.1) is 0 Å². The fourth-order valence-electron chi connectivity index (χ4n) is 0.873. The van der Waals surface area contributed by atoms with Crippen LogP contribution in [0.15, 0.2) is 18.2 Å². The van der Waals surface area contributed by atoms with E-state index in [9.17, 15) is 9.18 Å². The summed E-state index contributed by atoms with van der Waals surface area (Å²) in [6, 6.07) is 5.46. The molecule has 0 N–H and O–H groups in total. The molecule has 0 saturated heterocycles. The van der Waals surface area contributed by atoms with Crippen LogP contribution in [0.25, 0.3) is 0 Å². The van der Waals surface area contributed by atoms with Crippen LogP contribution in [0.2, 0.25) is 0 Å². The Morgan fingerprint density at radius 1 is 1.58 bits per heavy atom. The Morgan fingerprint density at radius 3 is 2.83 bits per heavy atom. The van der Waals surface area contributed by atoms with E-state index in [-0.39, 0.29) is 5.56 Å². The molecule has 0 heterocycles. The molecule has 0 spiro atoms. The van der Waals surface area contributed by atoms with Gasteiger partial charge in [0.05, 0.1) is 5.56 Å². The van der Waals surface area contributed by atoms with Crippen LogP contribution in [-0.2, 0) is 0 Å². The first-order valence-electron chi connectivity index (χ1n) is 3.35. The summed E-state index contributed by atoms with van der Waals surface area (Å²) in [5, 5.41) is 8.24. The van der Waals surface area contributed by atoms with Crippen LogP contribution in [0.1, 0.15) is 15.9 Å². The molecule has 1 rings (SSSR count). The minimum atomic E-state index is -0.837. The van der Waals surface area contributed by atoms with Gasteiger partial charge in [0, 0.05) is 0 Å². The lowest BCUT2D eigenvalue weighted by atomic mass is 10.1. The van der Waals surface area contributed by atoms with Crippen molar-refractivity contribution in [2.75, 3.05) is 0 Å². The van der Waals surface area contributed by atoms with E-state index in [0.29, 0.717) is 0 Å². The zero-order chi connectivity index (χ0) is 9.14. The predicted octanol–water partition coefficient (Wildman–Crippen LogP) is 1.84. The second-order valence-electron chi connectivity index (χ2n) is 2.42. The molecule has 0 amide bonds. The summed E-state index contributed by atoms with van der Waals surface area (Å²) < 4.78 is 12.8. The minimum absolute atomic E-state index is 0.155. The Morgan fingerprint density at radius 2 is 2.25 bits per heavy atom. The Balaban J connectivity index is 3.25. The summed E-state index contributed by atoms with van der Waals surface area (Å²) in [5.41, 5.74) is 0.604. The molecule has 0 radical (unpaired) electrons. The van der Waals surface area contributed by atoms with E-state index in [0.717, 1.165) is 5.56 Å². The van der Waals surface area contributed by atoms with Crippen LogP contribution in [0.5, 0.6) is 0 Å². The molecule has 0 fully saturated rings. The zero-order valence-corrected chi connectivity index (χ0v) is 6.47. The fraction of sp³-hybridized carbons (Fsp3) is 0.111. The molecular weight excluding hydrogens is 157 g/mol. The molecule has 0 aliphatic rings. The molecule has 0 aromatic heterocycles. The first-order valence-corrected chi connectivity index (χ1v) is 3.35. The average molecular weight is 163 g/mol. The minimum Gasteiger partial charge on any atom is -0.277 e. The zero-order valence-electron chi connectivity index (χ0n) is 6.47. The van der Waals surface area contributed by atoms with Crippen molar-refractivity contribution in [2.45, 2.75) is 6.92 Å². The van der Waals surface area contributed by atoms with Crippen molar-refractivity contribution in [3.8, 4) is 6.07 Å². The standard InChI is InChI=1S/C9H6FNO/c1-6-2-3-8(10)7(4-6)9(12)5-11/h2-4H,1H3. The van der Waals surface area contributed by atoms with Crippen molar-refractivity contribution in [2.24, 2.45) is 0 Å². The van der Waals surface area contributed by atoms with E-state index in [1.165, 1.54) is 18.2 Å². The maximum atomic E-state index is 12.8. The van der Waals surface area contributed by atoms with E-state index >= 15 is 0 Å². The van der Waals surface area contributed by atoms with Gasteiger partial charge in [-0.05, 0) is 19.1 Å². The normalized spacial score (nSPS) is 9.08. The van der Waals surface area contributed by atoms with Gasteiger partial charge in [0.25, 0.3) is 5.78 Å². The maximum Gasteiger partial charge on any atom is 0.265 e. The van der Waals surface area contributed by atoms with Gasteiger partial charge in [-0.1, -0.05) is 11.6 Å². The van der Waals surface area contributed by atoms with Crippen LogP contribution in [0, 0.1) is 24.1 Å². The maximum absolute atomic E-state index is 12.8. The molecule has 3 heteroatoms. The lowest BCUT2D eigenvalue weighted by Gasteiger charge is -1.97. The van der Waals surface area contributed by atoms with Crippen LogP contribution < -0.4 is 0 Å². The van der Waals surface area contributed by atoms with Crippen molar-refractivity contribution in [3.05, 3.63) is 35.1 Å². The molecule has 0 unspecified atom stereocenters. The monoisotopic (exact) mass is 163 g/mol. The number of nitrogens with zero attached hydrogens (tertiary/aromatic N) is 1. The number of hydrogen-bond acceptors (Lipinski definition) is 2. The highest BCUT2D eigenvalue weighted by molar-refractivity contribution is 6.07. The Hall–Kier alpha value is -1.69. The number of carbonyl (C=O) groups is 1. The summed E-state index contributed by atoms with van der Waals surface area (Å²) in [7, 11) is 0. The highest BCUT2D eigenvalue weighted by Crippen LogP contribution is 2.09. The van der Waals surface area contributed by atoms with E-state index < -0.39 is 11.6 Å². The third-order valence-electron chi connectivity index (χ3n) is 1.47. The van der Waals surface area contributed by atoms with Gasteiger partial charge in [-0.25, -0.2) is 4.39 Å². The van der Waals surface area contributed by atoms with Crippen molar-refractivity contribution in [3.63, 3.8) is 0 Å². The molecule has 1 aromatic carbocycles. The Bertz CT molecular complexity index is 365. The summed E-state index contributed by atoms with van der Waals surface area (Å²) in [6.45, 7) is 1.73. The molecule has 2 nitrogen and oxygen atoms in total. The lowest BCUT2D eigenvalue weighted by Crippen LogP contribution is -1.98. The quantitative estimate of drug-likeness (QED) is 0.468. The Kier molecular flexibility index (Phi) is 2.20. The second-order valence-corrected chi connectivity index (χ2v) is 2.42. The number of nitriles is 1. The number of benzene rings is 1. The van der Waals surface area contributed by atoms with Gasteiger partial charge in [-0.3, -0.25) is 4.79 Å². The smallest absolute Gasteiger partial charge is 0.265 e. The van der Waals surface area contributed by atoms with Gasteiger partial charge in [0.1, 0.15) is 11.9 Å². The number of rotatable bonds is 1. The largest absolute Gasteiger partial charge is 0.277 e. The molecule has 12 heavy (non-hydrogen) atoms. The number of hydrogen-bond donors (Lipinski definition) is 0. The highest BCUT2D eigenvalue weighted by atomic mass is 19.1. The summed E-state index contributed by atoms with van der Waals surface area (Å²) >= 11 is 0. The molecule has 0 bridgehead atoms. The number of ketones is 1. The summed E-state index contributed by atoms with van der Waals surface area (Å²) in [6.07, 6.45) is 0. The van der Waals surface area contributed by atoms with Gasteiger partial charge in [-0.2, -0.15) is 5.26 Å². The van der Waals surface area contributed by atoms with Crippen molar-refractivity contribution in [1.82, 2.24) is 0 Å². The highest BCUT2D eigenvalue weighted by Gasteiger charge is 2.09. The number of halogens is 1. The Labute approximate surface area is 69.2 Å². The lowest BCUT2D eigenvalue weighted by molar-refractivity contribution is 0.105. The van der Waals surface area contributed by atoms with Crippen LogP contribution in [-0.4, -0.2) is 5.78 Å². The van der Waals surface area contributed by atoms with Crippen molar-refractivity contribution in [1.29, 1.82) is 5.26 Å². The molecule has 0 atom stereocenters. The van der Waals surface area contributed by atoms with Crippen LogP contribution in [0.3, 0.4) is 0 Å². The average Bonchev–Trinajstić information content (AvgIpc) is 2.08.